The molecule has 0 aliphatic carbocycles. The summed E-state index contributed by atoms with van der Waals surface area (Å²) < 4.78 is 8.19. The number of benzene rings is 4. The summed E-state index contributed by atoms with van der Waals surface area (Å²) in [6.45, 7) is 0. The minimum Gasteiger partial charge on any atom is -0.497 e. The maximum atomic E-state index is 14.2. The topological polar surface area (TPSA) is 78.6 Å². The van der Waals surface area contributed by atoms with Crippen LogP contribution in [0.15, 0.2) is 114 Å². The first-order chi connectivity index (χ1) is 19.6. The Labute approximate surface area is 239 Å². The normalized spacial score (nSPS) is 10.8. The predicted molar refractivity (Wildman–Crippen MR) is 163 cm³/mol. The molecule has 194 valence electrons. The van der Waals surface area contributed by atoms with E-state index in [0.29, 0.717) is 22.5 Å². The summed E-state index contributed by atoms with van der Waals surface area (Å²) in [6.07, 6.45) is 1.94. The molecule has 0 aliphatic heterocycles. The fourth-order valence-corrected chi connectivity index (χ4v) is 5.08. The number of aromatic nitrogens is 1. The number of carbonyl (C=O) groups excluding carboxylic acids is 1. The smallest absolute Gasteiger partial charge is 0.211 e. The number of halogens is 1. The molecule has 0 saturated heterocycles. The zero-order valence-electron chi connectivity index (χ0n) is 21.5. The van der Waals surface area contributed by atoms with Gasteiger partial charge in [0.05, 0.1) is 35.6 Å². The van der Waals surface area contributed by atoms with E-state index in [1.807, 2.05) is 89.5 Å². The molecule has 2 N–H and O–H groups in total. The van der Waals surface area contributed by atoms with Crippen LogP contribution in [0.3, 0.4) is 0 Å². The van der Waals surface area contributed by atoms with Gasteiger partial charge in [-0.15, -0.1) is 0 Å². The van der Waals surface area contributed by atoms with Gasteiger partial charge >= 0.3 is 0 Å². The minimum atomic E-state index is -0.128. The standard InChI is InChI=1S/C33H23BrN4O2/c1-40-27-16-14-26(15-17-27)36-29-30(37-25-12-6-21(20-35)7-13-25)32(33(39)23-8-10-24(34)11-9-23)38-19-18-22-4-2-3-5-28(22)31(29)38/h2-19,36-37H,1H3. The number of rotatable bonds is 7. The summed E-state index contributed by atoms with van der Waals surface area (Å²) in [5, 5.41) is 18.4. The van der Waals surface area contributed by atoms with Gasteiger partial charge in [-0.05, 0) is 84.2 Å². The highest BCUT2D eigenvalue weighted by atomic mass is 79.9. The average molecular weight is 587 g/mol. The number of nitrogens with zero attached hydrogens (tertiary/aromatic N) is 2. The van der Waals surface area contributed by atoms with Crippen molar-refractivity contribution >= 4 is 60.8 Å². The molecule has 0 radical (unpaired) electrons. The summed E-state index contributed by atoms with van der Waals surface area (Å²) in [4.78, 5) is 14.2. The van der Waals surface area contributed by atoms with Crippen molar-refractivity contribution in [2.45, 2.75) is 0 Å². The van der Waals surface area contributed by atoms with E-state index in [0.717, 1.165) is 43.6 Å². The Morgan fingerprint density at radius 3 is 2.15 bits per heavy atom. The molecule has 0 saturated carbocycles. The summed E-state index contributed by atoms with van der Waals surface area (Å²) >= 11 is 3.47. The molecule has 0 spiro atoms. The maximum Gasteiger partial charge on any atom is 0.211 e. The average Bonchev–Trinajstić information content (AvgIpc) is 3.30. The Bertz CT molecular complexity index is 1900. The number of carbonyl (C=O) groups is 1. The lowest BCUT2D eigenvalue weighted by Crippen LogP contribution is -2.08. The van der Waals surface area contributed by atoms with E-state index in [1.54, 1.807) is 19.2 Å². The zero-order valence-corrected chi connectivity index (χ0v) is 23.1. The predicted octanol–water partition coefficient (Wildman–Crippen LogP) is 8.45. The van der Waals surface area contributed by atoms with Gasteiger partial charge in [0, 0.05) is 33.0 Å². The van der Waals surface area contributed by atoms with Gasteiger partial charge in [0.15, 0.2) is 0 Å². The number of fused-ring (bicyclic) bond motifs is 3. The Balaban J connectivity index is 1.63. The van der Waals surface area contributed by atoms with Gasteiger partial charge in [-0.1, -0.05) is 40.2 Å². The van der Waals surface area contributed by atoms with Gasteiger partial charge in [-0.3, -0.25) is 4.79 Å². The first-order valence-corrected chi connectivity index (χ1v) is 13.4. The van der Waals surface area contributed by atoms with Gasteiger partial charge in [-0.2, -0.15) is 5.26 Å². The molecule has 0 bridgehead atoms. The van der Waals surface area contributed by atoms with Crippen LogP contribution in [0.25, 0.3) is 16.3 Å². The second-order valence-corrected chi connectivity index (χ2v) is 10.1. The molecule has 6 aromatic rings. The van der Waals surface area contributed by atoms with Gasteiger partial charge < -0.3 is 19.8 Å². The Morgan fingerprint density at radius 2 is 1.48 bits per heavy atom. The molecule has 0 amide bonds. The molecule has 0 unspecified atom stereocenters. The molecule has 2 aromatic heterocycles. The van der Waals surface area contributed by atoms with E-state index in [1.165, 1.54) is 0 Å². The van der Waals surface area contributed by atoms with Crippen molar-refractivity contribution in [3.05, 3.63) is 131 Å². The fraction of sp³-hybridized carbons (Fsp3) is 0.0303. The maximum absolute atomic E-state index is 14.2. The van der Waals surface area contributed by atoms with E-state index in [4.69, 9.17) is 4.74 Å². The number of ketones is 1. The lowest BCUT2D eigenvalue weighted by molar-refractivity contribution is 0.103. The van der Waals surface area contributed by atoms with Crippen molar-refractivity contribution in [2.24, 2.45) is 0 Å². The number of nitriles is 1. The van der Waals surface area contributed by atoms with Crippen LogP contribution in [0.1, 0.15) is 21.6 Å². The molecule has 6 rings (SSSR count). The quantitative estimate of drug-likeness (QED) is 0.183. The van der Waals surface area contributed by atoms with E-state index in [9.17, 15) is 10.1 Å². The third-order valence-electron chi connectivity index (χ3n) is 6.79. The SMILES string of the molecule is COc1ccc(Nc2c(Nc3ccc(C#N)cc3)c(C(=O)c3ccc(Br)cc3)n3ccc4ccccc4c23)cc1. The molecular weight excluding hydrogens is 564 g/mol. The third kappa shape index (κ3) is 4.66. The lowest BCUT2D eigenvalue weighted by Gasteiger charge is -2.13. The van der Waals surface area contributed by atoms with Crippen molar-refractivity contribution in [2.75, 3.05) is 17.7 Å². The monoisotopic (exact) mass is 586 g/mol. The van der Waals surface area contributed by atoms with Crippen LogP contribution in [0.4, 0.5) is 22.7 Å². The van der Waals surface area contributed by atoms with Gasteiger partial charge in [-0.25, -0.2) is 0 Å². The molecule has 2 heterocycles. The number of methoxy groups -OCH3 is 1. The van der Waals surface area contributed by atoms with Crippen LogP contribution in [-0.4, -0.2) is 17.3 Å². The first-order valence-electron chi connectivity index (χ1n) is 12.6. The summed E-state index contributed by atoms with van der Waals surface area (Å²) in [5.41, 5.74) is 5.45. The van der Waals surface area contributed by atoms with Gasteiger partial charge in [0.2, 0.25) is 5.78 Å². The number of hydrogen-bond acceptors (Lipinski definition) is 5. The molecule has 7 heteroatoms. The molecule has 6 nitrogen and oxygen atoms in total. The largest absolute Gasteiger partial charge is 0.497 e. The first kappa shape index (κ1) is 25.2. The zero-order chi connectivity index (χ0) is 27.6. The van der Waals surface area contributed by atoms with E-state index < -0.39 is 0 Å². The Kier molecular flexibility index (Phi) is 6.69. The highest BCUT2D eigenvalue weighted by molar-refractivity contribution is 9.10. The van der Waals surface area contributed by atoms with Crippen LogP contribution in [-0.2, 0) is 0 Å². The van der Waals surface area contributed by atoms with Crippen LogP contribution < -0.4 is 15.4 Å². The summed E-state index contributed by atoms with van der Waals surface area (Å²) in [5.74, 6) is 0.622. The number of anilines is 4. The van der Waals surface area contributed by atoms with Crippen molar-refractivity contribution in [1.29, 1.82) is 5.26 Å². The highest BCUT2D eigenvalue weighted by Gasteiger charge is 2.26. The molecule has 0 atom stereocenters. The fourth-order valence-electron chi connectivity index (χ4n) is 4.81. The second-order valence-electron chi connectivity index (χ2n) is 9.22. The number of ether oxygens (including phenoxy) is 1. The highest BCUT2D eigenvalue weighted by Crippen LogP contribution is 2.42. The summed E-state index contributed by atoms with van der Waals surface area (Å²) in [7, 11) is 1.63. The van der Waals surface area contributed by atoms with Crippen molar-refractivity contribution in [3.63, 3.8) is 0 Å². The molecule has 4 aromatic carbocycles. The van der Waals surface area contributed by atoms with Crippen LogP contribution in [0.5, 0.6) is 5.75 Å². The van der Waals surface area contributed by atoms with Crippen molar-refractivity contribution < 1.29 is 9.53 Å². The van der Waals surface area contributed by atoms with E-state index >= 15 is 0 Å². The van der Waals surface area contributed by atoms with Crippen LogP contribution >= 0.6 is 15.9 Å². The third-order valence-corrected chi connectivity index (χ3v) is 7.32. The number of pyridine rings is 1. The second kappa shape index (κ2) is 10.6. The molecular formula is C33H23BrN4O2. The number of nitrogens with one attached hydrogen (secondary N) is 2. The van der Waals surface area contributed by atoms with Crippen molar-refractivity contribution in [3.8, 4) is 11.8 Å². The summed E-state index contributed by atoms with van der Waals surface area (Å²) in [6, 6.07) is 34.5. The van der Waals surface area contributed by atoms with E-state index in [2.05, 4.69) is 44.8 Å². The van der Waals surface area contributed by atoms with E-state index in [-0.39, 0.29) is 5.78 Å². The number of hydrogen-bond donors (Lipinski definition) is 2. The molecule has 0 aliphatic rings. The molecule has 40 heavy (non-hydrogen) atoms. The lowest BCUT2D eigenvalue weighted by atomic mass is 10.1. The molecule has 0 fully saturated rings. The van der Waals surface area contributed by atoms with Gasteiger partial charge in [0.1, 0.15) is 11.4 Å². The van der Waals surface area contributed by atoms with Crippen LogP contribution in [0, 0.1) is 11.3 Å². The Hall–Kier alpha value is -5.06. The Morgan fingerprint density at radius 1 is 0.825 bits per heavy atom. The van der Waals surface area contributed by atoms with Gasteiger partial charge in [0.25, 0.3) is 0 Å². The van der Waals surface area contributed by atoms with Crippen LogP contribution in [0.2, 0.25) is 0 Å². The minimum absolute atomic E-state index is 0.128. The van der Waals surface area contributed by atoms with Crippen molar-refractivity contribution in [1.82, 2.24) is 4.40 Å².